The molecule has 0 bridgehead atoms. The highest BCUT2D eigenvalue weighted by Crippen LogP contribution is 2.38. The summed E-state index contributed by atoms with van der Waals surface area (Å²) in [7, 11) is 0. The number of aromatic hydroxyl groups is 1. The Morgan fingerprint density at radius 3 is 2.43 bits per heavy atom. The number of fused-ring (bicyclic) bond motifs is 1. The van der Waals surface area contributed by atoms with Gasteiger partial charge >= 0.3 is 5.91 Å². The van der Waals surface area contributed by atoms with Crippen LogP contribution in [0.25, 0.3) is 10.9 Å². The van der Waals surface area contributed by atoms with E-state index in [-0.39, 0.29) is 17.9 Å². The van der Waals surface area contributed by atoms with Gasteiger partial charge in [0, 0.05) is 11.9 Å². The van der Waals surface area contributed by atoms with Gasteiger partial charge in [0.25, 0.3) is 0 Å². The summed E-state index contributed by atoms with van der Waals surface area (Å²) < 4.78 is 7.22. The van der Waals surface area contributed by atoms with E-state index in [0.717, 1.165) is 10.9 Å². The molecule has 0 aliphatic rings. The molecule has 2 aromatic carbocycles. The highest BCUT2D eigenvalue weighted by atomic mass is 16.5. The van der Waals surface area contributed by atoms with Crippen LogP contribution in [0.2, 0.25) is 0 Å². The topological polar surface area (TPSA) is 76.2 Å². The molecule has 3 rings (SSSR count). The summed E-state index contributed by atoms with van der Waals surface area (Å²) in [6.45, 7) is 8.71. The number of aryl methyl sites for hydroxylation is 1. The van der Waals surface area contributed by atoms with Crippen molar-refractivity contribution in [2.24, 2.45) is 10.2 Å². The monoisotopic (exact) mass is 379 g/mol. The Hall–Kier alpha value is -3.15. The quantitative estimate of drug-likeness (QED) is 0.607. The molecule has 0 unspecified atom stereocenters. The molecule has 0 spiro atoms. The highest BCUT2D eigenvalue weighted by molar-refractivity contribution is 5.95. The maximum absolute atomic E-state index is 12.1. The fourth-order valence-corrected chi connectivity index (χ4v) is 3.02. The lowest BCUT2D eigenvalue weighted by molar-refractivity contribution is -0.120. The van der Waals surface area contributed by atoms with E-state index in [1.165, 1.54) is 5.56 Å². The molecule has 0 radical (unpaired) electrons. The third kappa shape index (κ3) is 4.06. The van der Waals surface area contributed by atoms with Gasteiger partial charge in [-0.3, -0.25) is 4.79 Å². The first-order chi connectivity index (χ1) is 13.3. The van der Waals surface area contributed by atoms with Gasteiger partial charge in [-0.25, -0.2) is 0 Å². The number of hydrogen-bond acceptors (Lipinski definition) is 4. The minimum atomic E-state index is -0.521. The first-order valence-electron chi connectivity index (χ1n) is 9.29. The molecular formula is C22H25N3O3. The molecule has 28 heavy (non-hydrogen) atoms. The molecule has 0 saturated carbocycles. The van der Waals surface area contributed by atoms with Gasteiger partial charge in [0.05, 0.1) is 5.52 Å². The smallest absolute Gasteiger partial charge is 0.302 e. The number of para-hydroxylation sites is 1. The maximum atomic E-state index is 12.1. The molecule has 6 nitrogen and oxygen atoms in total. The van der Waals surface area contributed by atoms with E-state index in [4.69, 9.17) is 4.74 Å². The highest BCUT2D eigenvalue weighted by Gasteiger charge is 2.16. The number of benzene rings is 2. The van der Waals surface area contributed by atoms with Crippen molar-refractivity contribution in [1.82, 2.24) is 4.57 Å². The summed E-state index contributed by atoms with van der Waals surface area (Å²) in [5, 5.41) is 18.8. The van der Waals surface area contributed by atoms with Gasteiger partial charge in [-0.2, -0.15) is 0 Å². The number of carbonyl (C=O) groups excluding carboxylic acids is 1. The number of hydrogen-bond donors (Lipinski definition) is 1. The average molecular weight is 379 g/mol. The molecule has 1 aromatic heterocycles. The van der Waals surface area contributed by atoms with Crippen LogP contribution in [0, 0.1) is 0 Å². The summed E-state index contributed by atoms with van der Waals surface area (Å²) in [5.41, 5.74) is 2.38. The van der Waals surface area contributed by atoms with Crippen molar-refractivity contribution in [3.63, 3.8) is 0 Å². The summed E-state index contributed by atoms with van der Waals surface area (Å²) in [4.78, 5) is 12.1. The maximum Gasteiger partial charge on any atom is 0.302 e. The summed E-state index contributed by atoms with van der Waals surface area (Å²) in [6.07, 6.45) is 0. The van der Waals surface area contributed by atoms with E-state index in [1.807, 2.05) is 55.5 Å². The molecule has 1 heterocycles. The predicted molar refractivity (Wildman–Crippen MR) is 109 cm³/mol. The van der Waals surface area contributed by atoms with Gasteiger partial charge in [0.2, 0.25) is 5.88 Å². The predicted octanol–water partition coefficient (Wildman–Crippen LogP) is 5.35. The molecular weight excluding hydrogens is 354 g/mol. The van der Waals surface area contributed by atoms with Crippen LogP contribution in [0.4, 0.5) is 5.69 Å². The zero-order valence-corrected chi connectivity index (χ0v) is 16.6. The molecule has 3 aromatic rings. The average Bonchev–Trinajstić information content (AvgIpc) is 2.95. The lowest BCUT2D eigenvalue weighted by Crippen LogP contribution is -2.11. The van der Waals surface area contributed by atoms with Gasteiger partial charge in [-0.15, -0.1) is 10.2 Å². The summed E-state index contributed by atoms with van der Waals surface area (Å²) in [6, 6.07) is 15.1. The Morgan fingerprint density at radius 2 is 1.79 bits per heavy atom. The number of rotatable bonds is 5. The standard InChI is InChI=1S/C22H25N3O3/c1-5-25-18-9-7-6-8-17(18)20(21(25)27)24-23-19(26)14-28-16-12-10-15(11-13-16)22(2,3)4/h6-13,27H,5,14H2,1-4H3. The van der Waals surface area contributed by atoms with Gasteiger partial charge in [0.15, 0.2) is 12.3 Å². The van der Waals surface area contributed by atoms with E-state index >= 15 is 0 Å². The van der Waals surface area contributed by atoms with Crippen LogP contribution in [0.3, 0.4) is 0 Å². The van der Waals surface area contributed by atoms with Crippen LogP contribution in [-0.2, 0) is 16.8 Å². The largest absolute Gasteiger partial charge is 0.493 e. The van der Waals surface area contributed by atoms with E-state index in [2.05, 4.69) is 31.0 Å². The van der Waals surface area contributed by atoms with Crippen LogP contribution >= 0.6 is 0 Å². The second-order valence-corrected chi connectivity index (χ2v) is 7.59. The third-order valence-corrected chi connectivity index (χ3v) is 4.58. The number of carbonyl (C=O) groups is 1. The van der Waals surface area contributed by atoms with Gasteiger partial charge < -0.3 is 14.4 Å². The number of aromatic nitrogens is 1. The minimum absolute atomic E-state index is 0.000984. The number of amides is 1. The lowest BCUT2D eigenvalue weighted by atomic mass is 9.87. The normalized spacial score (nSPS) is 12.0. The molecule has 0 aliphatic heterocycles. The Kier molecular flexibility index (Phi) is 5.49. The number of azo groups is 1. The van der Waals surface area contributed by atoms with Crippen molar-refractivity contribution < 1.29 is 14.6 Å². The first kappa shape index (κ1) is 19.6. The lowest BCUT2D eigenvalue weighted by Gasteiger charge is -2.19. The van der Waals surface area contributed by atoms with Gasteiger partial charge in [-0.1, -0.05) is 51.1 Å². The number of ether oxygens (including phenoxy) is 1. The summed E-state index contributed by atoms with van der Waals surface area (Å²) in [5.74, 6) is 0.0774. The van der Waals surface area contributed by atoms with Gasteiger partial charge in [-0.05, 0) is 36.1 Å². The third-order valence-electron chi connectivity index (χ3n) is 4.58. The van der Waals surface area contributed by atoms with Crippen LogP contribution in [-0.4, -0.2) is 22.2 Å². The van der Waals surface area contributed by atoms with Crippen molar-refractivity contribution in [3.05, 3.63) is 54.1 Å². The molecule has 146 valence electrons. The Morgan fingerprint density at radius 1 is 1.11 bits per heavy atom. The zero-order chi connectivity index (χ0) is 20.3. The van der Waals surface area contributed by atoms with Crippen LogP contribution in [0.5, 0.6) is 11.6 Å². The Bertz CT molecular complexity index is 1010. The van der Waals surface area contributed by atoms with Crippen molar-refractivity contribution in [2.75, 3.05) is 6.61 Å². The zero-order valence-electron chi connectivity index (χ0n) is 16.6. The molecule has 0 atom stereocenters. The molecule has 6 heteroatoms. The minimum Gasteiger partial charge on any atom is -0.493 e. The second-order valence-electron chi connectivity index (χ2n) is 7.59. The molecule has 1 N–H and O–H groups in total. The van der Waals surface area contributed by atoms with Crippen molar-refractivity contribution >= 4 is 22.5 Å². The van der Waals surface area contributed by atoms with E-state index in [0.29, 0.717) is 18.0 Å². The van der Waals surface area contributed by atoms with Crippen molar-refractivity contribution in [3.8, 4) is 11.6 Å². The van der Waals surface area contributed by atoms with Crippen molar-refractivity contribution in [1.29, 1.82) is 0 Å². The first-order valence-corrected chi connectivity index (χ1v) is 9.29. The van der Waals surface area contributed by atoms with Crippen molar-refractivity contribution in [2.45, 2.75) is 39.7 Å². The molecule has 1 amide bonds. The Balaban J connectivity index is 1.69. The SMILES string of the molecule is CCn1c(O)c(N=NC(=O)COc2ccc(C(C)(C)C)cc2)c2ccccc21. The fourth-order valence-electron chi connectivity index (χ4n) is 3.02. The van der Waals surface area contributed by atoms with Crippen LogP contribution in [0.15, 0.2) is 58.8 Å². The van der Waals surface area contributed by atoms with Gasteiger partial charge in [0.1, 0.15) is 5.75 Å². The molecule has 0 aliphatic carbocycles. The van der Waals surface area contributed by atoms with Crippen LogP contribution < -0.4 is 4.74 Å². The molecule has 0 saturated heterocycles. The second kappa shape index (κ2) is 7.84. The molecule has 0 fully saturated rings. The van der Waals surface area contributed by atoms with E-state index in [1.54, 1.807) is 4.57 Å². The number of nitrogens with zero attached hydrogens (tertiary/aromatic N) is 3. The Labute approximate surface area is 164 Å². The van der Waals surface area contributed by atoms with E-state index < -0.39 is 5.91 Å². The van der Waals surface area contributed by atoms with Crippen LogP contribution in [0.1, 0.15) is 33.3 Å². The fraction of sp³-hybridized carbons (Fsp3) is 0.318. The summed E-state index contributed by atoms with van der Waals surface area (Å²) >= 11 is 0. The van der Waals surface area contributed by atoms with E-state index in [9.17, 15) is 9.90 Å².